The number of hydrogen-bond acceptors (Lipinski definition) is 2. The fourth-order valence-corrected chi connectivity index (χ4v) is 3.21. The molecule has 78 valence electrons. The van der Waals surface area contributed by atoms with Gasteiger partial charge < -0.3 is 5.73 Å². The molecule has 0 spiro atoms. The van der Waals surface area contributed by atoms with Crippen LogP contribution >= 0.6 is 11.8 Å². The average Bonchev–Trinajstić information content (AvgIpc) is 1.80. The van der Waals surface area contributed by atoms with Crippen LogP contribution in [0.25, 0.3) is 0 Å². The molecule has 1 aliphatic carbocycles. The highest BCUT2D eigenvalue weighted by Gasteiger charge is 2.37. The molecule has 2 heteroatoms. The zero-order chi connectivity index (χ0) is 10.1. The van der Waals surface area contributed by atoms with Gasteiger partial charge in [-0.05, 0) is 30.9 Å². The molecule has 0 radical (unpaired) electrons. The minimum absolute atomic E-state index is 0.192. The van der Waals surface area contributed by atoms with Crippen LogP contribution in [0, 0.1) is 5.92 Å². The molecule has 2 N–H and O–H groups in total. The molecule has 0 aromatic rings. The van der Waals surface area contributed by atoms with Gasteiger partial charge in [-0.15, -0.1) is 0 Å². The molecule has 1 rings (SSSR count). The zero-order valence-electron chi connectivity index (χ0n) is 9.39. The van der Waals surface area contributed by atoms with Crippen LogP contribution in [0.2, 0.25) is 0 Å². The van der Waals surface area contributed by atoms with E-state index in [-0.39, 0.29) is 5.54 Å². The summed E-state index contributed by atoms with van der Waals surface area (Å²) in [4.78, 5) is 0. The maximum Gasteiger partial charge on any atom is 0.0167 e. The summed E-state index contributed by atoms with van der Waals surface area (Å²) in [6.07, 6.45) is 3.66. The Morgan fingerprint density at radius 2 is 1.92 bits per heavy atom. The molecule has 0 heterocycles. The Labute approximate surface area is 86.8 Å². The number of rotatable bonds is 3. The Bertz CT molecular complexity index is 165. The van der Waals surface area contributed by atoms with Crippen LogP contribution in [-0.4, -0.2) is 16.0 Å². The van der Waals surface area contributed by atoms with E-state index in [4.69, 9.17) is 5.73 Å². The van der Waals surface area contributed by atoms with Crippen molar-refractivity contribution in [3.05, 3.63) is 0 Å². The van der Waals surface area contributed by atoms with Gasteiger partial charge in [0.15, 0.2) is 0 Å². The highest BCUT2D eigenvalue weighted by atomic mass is 32.2. The van der Waals surface area contributed by atoms with Gasteiger partial charge >= 0.3 is 0 Å². The summed E-state index contributed by atoms with van der Waals surface area (Å²) in [7, 11) is 0. The Hall–Kier alpha value is 0.310. The zero-order valence-corrected chi connectivity index (χ0v) is 10.2. The first kappa shape index (κ1) is 11.4. The van der Waals surface area contributed by atoms with Crippen molar-refractivity contribution in [3.63, 3.8) is 0 Å². The van der Waals surface area contributed by atoms with Gasteiger partial charge in [0.05, 0.1) is 0 Å². The van der Waals surface area contributed by atoms with Gasteiger partial charge in [-0.3, -0.25) is 0 Å². The first-order chi connectivity index (χ1) is 5.81. The Morgan fingerprint density at radius 1 is 1.38 bits per heavy atom. The third-order valence-electron chi connectivity index (χ3n) is 2.65. The summed E-state index contributed by atoms with van der Waals surface area (Å²) in [6, 6.07) is 0. The standard InChI is InChI=1S/C11H23NS/c1-9-7-11(12,8-9)5-6-13-10(2,3)4/h9H,5-8,12H2,1-4H3. The van der Waals surface area contributed by atoms with Crippen molar-refractivity contribution in [1.29, 1.82) is 0 Å². The lowest BCUT2D eigenvalue weighted by atomic mass is 9.68. The molecule has 1 aliphatic rings. The van der Waals surface area contributed by atoms with Crippen LogP contribution in [0.3, 0.4) is 0 Å². The monoisotopic (exact) mass is 201 g/mol. The minimum Gasteiger partial charge on any atom is -0.325 e. The molecular weight excluding hydrogens is 178 g/mol. The summed E-state index contributed by atoms with van der Waals surface area (Å²) < 4.78 is 0.395. The van der Waals surface area contributed by atoms with Gasteiger partial charge in [0.1, 0.15) is 0 Å². The molecule has 0 bridgehead atoms. The number of hydrogen-bond donors (Lipinski definition) is 1. The SMILES string of the molecule is CC1CC(N)(CCSC(C)(C)C)C1. The molecule has 0 saturated heterocycles. The predicted octanol–water partition coefficient (Wildman–Crippen LogP) is 3.04. The lowest BCUT2D eigenvalue weighted by Crippen LogP contribution is -2.51. The molecule has 0 aromatic heterocycles. The van der Waals surface area contributed by atoms with Crippen molar-refractivity contribution in [2.75, 3.05) is 5.75 Å². The van der Waals surface area contributed by atoms with Crippen molar-refractivity contribution in [3.8, 4) is 0 Å². The van der Waals surface area contributed by atoms with Crippen molar-refractivity contribution < 1.29 is 0 Å². The van der Waals surface area contributed by atoms with Gasteiger partial charge in [-0.2, -0.15) is 11.8 Å². The van der Waals surface area contributed by atoms with E-state index in [2.05, 4.69) is 27.7 Å². The van der Waals surface area contributed by atoms with Gasteiger partial charge in [0.2, 0.25) is 0 Å². The second-order valence-electron chi connectivity index (χ2n) is 5.59. The van der Waals surface area contributed by atoms with E-state index < -0.39 is 0 Å². The largest absolute Gasteiger partial charge is 0.325 e. The second kappa shape index (κ2) is 3.82. The number of nitrogens with two attached hydrogens (primary N) is 1. The van der Waals surface area contributed by atoms with Crippen LogP contribution in [0.4, 0.5) is 0 Å². The number of thioether (sulfide) groups is 1. The topological polar surface area (TPSA) is 26.0 Å². The third kappa shape index (κ3) is 3.90. The molecule has 13 heavy (non-hydrogen) atoms. The molecule has 1 nitrogen and oxygen atoms in total. The highest BCUT2D eigenvalue weighted by Crippen LogP contribution is 2.39. The minimum atomic E-state index is 0.192. The highest BCUT2D eigenvalue weighted by molar-refractivity contribution is 8.00. The fraction of sp³-hybridized carbons (Fsp3) is 1.00. The molecule has 0 amide bonds. The lowest BCUT2D eigenvalue weighted by Gasteiger charge is -2.44. The van der Waals surface area contributed by atoms with E-state index >= 15 is 0 Å². The Balaban J connectivity index is 2.13. The van der Waals surface area contributed by atoms with Gasteiger partial charge in [0.25, 0.3) is 0 Å². The van der Waals surface area contributed by atoms with Crippen molar-refractivity contribution in [2.24, 2.45) is 11.7 Å². The maximum atomic E-state index is 6.21. The maximum absolute atomic E-state index is 6.21. The normalized spacial score (nSPS) is 34.4. The van der Waals surface area contributed by atoms with E-state index in [0.717, 1.165) is 5.92 Å². The first-order valence-electron chi connectivity index (χ1n) is 5.24. The van der Waals surface area contributed by atoms with E-state index in [1.165, 1.54) is 25.0 Å². The summed E-state index contributed by atoms with van der Waals surface area (Å²) in [5, 5.41) is 0. The molecule has 0 aromatic carbocycles. The van der Waals surface area contributed by atoms with Crippen LogP contribution in [-0.2, 0) is 0 Å². The van der Waals surface area contributed by atoms with E-state index in [1.807, 2.05) is 11.8 Å². The fourth-order valence-electron chi connectivity index (χ4n) is 2.09. The predicted molar refractivity (Wildman–Crippen MR) is 62.1 cm³/mol. The molecule has 0 unspecified atom stereocenters. The van der Waals surface area contributed by atoms with Crippen LogP contribution in [0.1, 0.15) is 47.0 Å². The summed E-state index contributed by atoms with van der Waals surface area (Å²) in [6.45, 7) is 9.10. The summed E-state index contributed by atoms with van der Waals surface area (Å²) in [5.41, 5.74) is 6.40. The average molecular weight is 201 g/mol. The van der Waals surface area contributed by atoms with Gasteiger partial charge in [-0.25, -0.2) is 0 Å². The van der Waals surface area contributed by atoms with Crippen LogP contribution in [0.5, 0.6) is 0 Å². The Morgan fingerprint density at radius 3 is 2.31 bits per heavy atom. The van der Waals surface area contributed by atoms with Crippen molar-refractivity contribution >= 4 is 11.8 Å². The molecule has 0 aliphatic heterocycles. The van der Waals surface area contributed by atoms with Gasteiger partial charge in [0, 0.05) is 10.3 Å². The molecule has 0 atom stereocenters. The van der Waals surface area contributed by atoms with Crippen molar-refractivity contribution in [2.45, 2.75) is 57.2 Å². The Kier molecular flexibility index (Phi) is 3.34. The quantitative estimate of drug-likeness (QED) is 0.759. The van der Waals surface area contributed by atoms with E-state index in [9.17, 15) is 0 Å². The molecule has 1 fully saturated rings. The lowest BCUT2D eigenvalue weighted by molar-refractivity contribution is 0.159. The molecular formula is C11H23NS. The van der Waals surface area contributed by atoms with Crippen LogP contribution in [0.15, 0.2) is 0 Å². The third-order valence-corrected chi connectivity index (χ3v) is 3.92. The first-order valence-corrected chi connectivity index (χ1v) is 6.22. The molecule has 1 saturated carbocycles. The van der Waals surface area contributed by atoms with Crippen molar-refractivity contribution in [1.82, 2.24) is 0 Å². The summed E-state index contributed by atoms with van der Waals surface area (Å²) >= 11 is 2.03. The van der Waals surface area contributed by atoms with Gasteiger partial charge in [-0.1, -0.05) is 27.7 Å². The second-order valence-corrected chi connectivity index (χ2v) is 7.51. The van der Waals surface area contributed by atoms with Crippen LogP contribution < -0.4 is 5.73 Å². The van der Waals surface area contributed by atoms with E-state index in [1.54, 1.807) is 0 Å². The van der Waals surface area contributed by atoms with E-state index in [0.29, 0.717) is 4.75 Å². The summed E-state index contributed by atoms with van der Waals surface area (Å²) in [5.74, 6) is 2.08. The smallest absolute Gasteiger partial charge is 0.0167 e.